The summed E-state index contributed by atoms with van der Waals surface area (Å²) in [6, 6.07) is 0.878. The van der Waals surface area contributed by atoms with Gasteiger partial charge in [0.05, 0.1) is 36.8 Å². The lowest BCUT2D eigenvalue weighted by Crippen LogP contribution is -2.63. The second kappa shape index (κ2) is 21.5. The van der Waals surface area contributed by atoms with Crippen LogP contribution in [0.15, 0.2) is 26.2 Å². The van der Waals surface area contributed by atoms with Gasteiger partial charge in [-0.25, -0.2) is 14.8 Å². The molecule has 13 nitrogen and oxygen atoms in total. The molecule has 0 spiro atoms. The zero-order valence-electron chi connectivity index (χ0n) is 33.4. The summed E-state index contributed by atoms with van der Waals surface area (Å²) in [5.41, 5.74) is 18.8. The number of esters is 2. The Hall–Kier alpha value is -3.51. The first-order chi connectivity index (χ1) is 26.3. The molecule has 6 unspecified atom stereocenters. The molecule has 304 valence electrons. The van der Waals surface area contributed by atoms with Crippen LogP contribution in [0.5, 0.6) is 0 Å². The summed E-state index contributed by atoms with van der Waals surface area (Å²) in [6.07, 6.45) is 23.9. The molecule has 0 aromatic rings. The van der Waals surface area contributed by atoms with Crippen LogP contribution in [0.1, 0.15) is 155 Å². The van der Waals surface area contributed by atoms with Gasteiger partial charge in [-0.1, -0.05) is 84.0 Å². The Bertz CT molecular complexity index is 1350. The van der Waals surface area contributed by atoms with Crippen molar-refractivity contribution >= 4 is 29.8 Å². The third kappa shape index (κ3) is 11.5. The highest BCUT2D eigenvalue weighted by Gasteiger charge is 2.51. The lowest BCUT2D eigenvalue weighted by molar-refractivity contribution is -0.151. The number of rotatable bonds is 24. The molecular formula is C41H71N9O4. The molecule has 7 N–H and O–H groups in total. The lowest BCUT2D eigenvalue weighted by Gasteiger charge is -2.46. The lowest BCUT2D eigenvalue weighted by atomic mass is 9.89. The quantitative estimate of drug-likeness (QED) is 0.0418. The Morgan fingerprint density at radius 2 is 1.56 bits per heavy atom. The van der Waals surface area contributed by atoms with Crippen LogP contribution >= 0.6 is 0 Å². The monoisotopic (exact) mass is 754 g/mol. The Labute approximate surface area is 324 Å². The highest BCUT2D eigenvalue weighted by Crippen LogP contribution is 2.40. The van der Waals surface area contributed by atoms with Gasteiger partial charge in [0.1, 0.15) is 0 Å². The molecule has 0 aromatic carbocycles. The van der Waals surface area contributed by atoms with Crippen LogP contribution in [0.4, 0.5) is 0 Å². The van der Waals surface area contributed by atoms with Crippen molar-refractivity contribution in [3.8, 4) is 0 Å². The maximum Gasteiger partial charge on any atom is 0.337 e. The number of carbonyl (C=O) groups is 2. The number of nitrogens with two attached hydrogens (primary N) is 3. The zero-order chi connectivity index (χ0) is 38.3. The van der Waals surface area contributed by atoms with Crippen molar-refractivity contribution < 1.29 is 19.1 Å². The first-order valence-corrected chi connectivity index (χ1v) is 21.6. The summed E-state index contributed by atoms with van der Waals surface area (Å²) in [5, 5.41) is 3.76. The summed E-state index contributed by atoms with van der Waals surface area (Å²) in [7, 11) is 0. The minimum atomic E-state index is -0.278. The Kier molecular flexibility index (Phi) is 16.6. The van der Waals surface area contributed by atoms with Gasteiger partial charge >= 0.3 is 11.9 Å². The number of aliphatic imine (C=N–C) groups is 3. The summed E-state index contributed by atoms with van der Waals surface area (Å²) in [4.78, 5) is 44.8. The normalized spacial score (nSPS) is 25.7. The van der Waals surface area contributed by atoms with Gasteiger partial charge in [0, 0.05) is 36.9 Å². The molecule has 0 aliphatic carbocycles. The van der Waals surface area contributed by atoms with Gasteiger partial charge in [0.25, 0.3) is 0 Å². The number of nitrogens with one attached hydrogen (secondary N) is 1. The Morgan fingerprint density at radius 1 is 0.870 bits per heavy atom. The molecule has 0 radical (unpaired) electrons. The van der Waals surface area contributed by atoms with Crippen molar-refractivity contribution in [2.75, 3.05) is 26.3 Å². The van der Waals surface area contributed by atoms with Crippen LogP contribution in [0, 0.1) is 5.92 Å². The third-order valence-corrected chi connectivity index (χ3v) is 12.1. The fourth-order valence-corrected chi connectivity index (χ4v) is 9.30. The molecular weight excluding hydrogens is 683 g/mol. The highest BCUT2D eigenvalue weighted by atomic mass is 16.5. The number of nitrogens with zero attached hydrogens (tertiary/aromatic N) is 5. The first kappa shape index (κ1) is 41.6. The molecule has 0 saturated carbocycles. The van der Waals surface area contributed by atoms with Gasteiger partial charge in [0.15, 0.2) is 17.9 Å². The van der Waals surface area contributed by atoms with E-state index in [4.69, 9.17) is 36.7 Å². The van der Waals surface area contributed by atoms with E-state index in [2.05, 4.69) is 29.1 Å². The van der Waals surface area contributed by atoms with Crippen LogP contribution in [-0.2, 0) is 19.1 Å². The predicted octanol–water partition coefficient (Wildman–Crippen LogP) is 5.61. The van der Waals surface area contributed by atoms with Crippen molar-refractivity contribution in [3.05, 3.63) is 11.3 Å². The van der Waals surface area contributed by atoms with Crippen LogP contribution in [0.2, 0.25) is 0 Å². The van der Waals surface area contributed by atoms with E-state index in [0.29, 0.717) is 49.8 Å². The van der Waals surface area contributed by atoms with E-state index in [1.807, 2.05) is 4.90 Å². The molecule has 5 aliphatic rings. The zero-order valence-corrected chi connectivity index (χ0v) is 33.4. The maximum atomic E-state index is 13.4. The van der Waals surface area contributed by atoms with Gasteiger partial charge in [-0.15, -0.1) is 0 Å². The molecule has 3 saturated heterocycles. The predicted molar refractivity (Wildman–Crippen MR) is 216 cm³/mol. The van der Waals surface area contributed by atoms with Crippen molar-refractivity contribution in [3.63, 3.8) is 0 Å². The topological polar surface area (TPSA) is 186 Å². The summed E-state index contributed by atoms with van der Waals surface area (Å²) in [6.45, 7) is 6.48. The highest BCUT2D eigenvalue weighted by molar-refractivity contribution is 5.95. The fourth-order valence-electron chi connectivity index (χ4n) is 9.30. The van der Waals surface area contributed by atoms with Gasteiger partial charge in [-0.2, -0.15) is 0 Å². The minimum Gasteiger partial charge on any atom is -0.465 e. The SMILES string of the molecule is CCCCCCCCC1CC2CCC3C(C(=O)OCCCCCCCCCC4N=C(N)N5CCCC5=C4C(=O)OCCCCN=C(N)N)C(C)N=C(N1)N23. The smallest absolute Gasteiger partial charge is 0.337 e. The second-order valence-electron chi connectivity index (χ2n) is 16.3. The number of allylic oxidation sites excluding steroid dienone is 1. The van der Waals surface area contributed by atoms with Crippen LogP contribution in [0.3, 0.4) is 0 Å². The Balaban J connectivity index is 0.950. The Morgan fingerprint density at radius 3 is 2.31 bits per heavy atom. The fraction of sp³-hybridized carbons (Fsp3) is 0.829. The third-order valence-electron chi connectivity index (χ3n) is 12.1. The number of carbonyl (C=O) groups excluding carboxylic acids is 2. The number of ether oxygens (including phenoxy) is 2. The largest absolute Gasteiger partial charge is 0.465 e. The number of hydrogen-bond donors (Lipinski definition) is 4. The molecule has 5 aliphatic heterocycles. The summed E-state index contributed by atoms with van der Waals surface area (Å²) < 4.78 is 11.6. The minimum absolute atomic E-state index is 0.0635. The molecule has 13 heteroatoms. The van der Waals surface area contributed by atoms with Crippen molar-refractivity contribution in [1.82, 2.24) is 15.1 Å². The van der Waals surface area contributed by atoms with E-state index < -0.39 is 0 Å². The number of unbranched alkanes of at least 4 members (excludes halogenated alkanes) is 12. The molecule has 0 aromatic heterocycles. The van der Waals surface area contributed by atoms with E-state index in [9.17, 15) is 9.59 Å². The molecule has 3 fully saturated rings. The van der Waals surface area contributed by atoms with Gasteiger partial charge in [-0.3, -0.25) is 9.79 Å². The molecule has 5 heterocycles. The molecule has 5 rings (SSSR count). The van der Waals surface area contributed by atoms with Crippen LogP contribution in [0.25, 0.3) is 0 Å². The number of fused-ring (bicyclic) bond motifs is 1. The second-order valence-corrected chi connectivity index (χ2v) is 16.3. The number of hydrogen-bond acceptors (Lipinski definition) is 11. The van der Waals surface area contributed by atoms with E-state index in [-0.39, 0.29) is 41.9 Å². The van der Waals surface area contributed by atoms with Gasteiger partial charge in [0.2, 0.25) is 0 Å². The van der Waals surface area contributed by atoms with Crippen molar-refractivity contribution in [2.24, 2.45) is 38.1 Å². The first-order valence-electron chi connectivity index (χ1n) is 21.6. The van der Waals surface area contributed by atoms with Crippen LogP contribution < -0.4 is 22.5 Å². The van der Waals surface area contributed by atoms with E-state index >= 15 is 0 Å². The van der Waals surface area contributed by atoms with Crippen molar-refractivity contribution in [1.29, 1.82) is 0 Å². The summed E-state index contributed by atoms with van der Waals surface area (Å²) >= 11 is 0. The number of guanidine groups is 3. The standard InChI is InChI=1S/C41H71N9O4/c1-3-4-5-6-10-13-19-30-28-31-22-23-34-35(29(2)46-41(47-30)50(31)34)37(51)53-26-16-12-9-7-8-11-14-20-32-36(33-21-18-25-49(33)40(44)48-32)38(52)54-27-17-15-24-45-39(42)43/h29-32,34-35H,3-28H2,1-2H3,(H2,44,48)(H,46,47)(H4,42,43,45). The van der Waals surface area contributed by atoms with E-state index in [0.717, 1.165) is 108 Å². The van der Waals surface area contributed by atoms with Gasteiger partial charge < -0.3 is 41.8 Å². The average molecular weight is 754 g/mol. The maximum absolute atomic E-state index is 13.4. The molecule has 54 heavy (non-hydrogen) atoms. The van der Waals surface area contributed by atoms with E-state index in [1.54, 1.807) is 0 Å². The summed E-state index contributed by atoms with van der Waals surface area (Å²) in [5.74, 6) is 1.08. The van der Waals surface area contributed by atoms with Crippen LogP contribution in [-0.4, -0.2) is 96.1 Å². The van der Waals surface area contributed by atoms with Crippen molar-refractivity contribution in [2.45, 2.75) is 185 Å². The molecule has 0 bridgehead atoms. The van der Waals surface area contributed by atoms with Gasteiger partial charge in [-0.05, 0) is 71.1 Å². The average Bonchev–Trinajstić information content (AvgIpc) is 3.81. The molecule has 0 amide bonds. The molecule has 6 atom stereocenters. The van der Waals surface area contributed by atoms with E-state index in [1.165, 1.54) is 44.9 Å².